The number of para-hydroxylation sites is 1. The van der Waals surface area contributed by atoms with E-state index in [2.05, 4.69) is 0 Å². The zero-order chi connectivity index (χ0) is 10.2. The van der Waals surface area contributed by atoms with Crippen molar-refractivity contribution in [3.8, 4) is 5.75 Å². The number of hydrogen-bond acceptors (Lipinski definition) is 3. The summed E-state index contributed by atoms with van der Waals surface area (Å²) in [6.07, 6.45) is 0. The van der Waals surface area contributed by atoms with Crippen molar-refractivity contribution in [1.29, 1.82) is 0 Å². The van der Waals surface area contributed by atoms with Crippen LogP contribution in [-0.4, -0.2) is 23.4 Å². The molecule has 0 saturated carbocycles. The Bertz CT molecular complexity index is 337. The summed E-state index contributed by atoms with van der Waals surface area (Å²) >= 11 is 0. The third kappa shape index (κ3) is 1.21. The molecule has 0 spiro atoms. The quantitative estimate of drug-likeness (QED) is 0.698. The van der Waals surface area contributed by atoms with Crippen molar-refractivity contribution in [2.24, 2.45) is 5.92 Å². The van der Waals surface area contributed by atoms with Gasteiger partial charge in [0.05, 0.1) is 13.2 Å². The smallest absolute Gasteiger partial charge is 0.125 e. The maximum atomic E-state index is 10.3. The van der Waals surface area contributed by atoms with E-state index in [1.165, 1.54) is 0 Å². The van der Waals surface area contributed by atoms with E-state index in [4.69, 9.17) is 4.74 Å². The molecule has 3 heteroatoms. The van der Waals surface area contributed by atoms with E-state index in [0.717, 1.165) is 0 Å². The predicted molar refractivity (Wildman–Crippen MR) is 52.1 cm³/mol. The van der Waals surface area contributed by atoms with Gasteiger partial charge in [-0.05, 0) is 6.07 Å². The largest absolute Gasteiger partial charge is 0.493 e. The van der Waals surface area contributed by atoms with Crippen molar-refractivity contribution < 1.29 is 14.9 Å². The molecule has 2 N–H and O–H groups in total. The Kier molecular flexibility index (Phi) is 2.21. The Hall–Kier alpha value is -1.06. The minimum Gasteiger partial charge on any atom is -0.493 e. The fourth-order valence-corrected chi connectivity index (χ4v) is 1.81. The Balaban J connectivity index is 2.52. The summed E-state index contributed by atoms with van der Waals surface area (Å²) in [4.78, 5) is 0. The Morgan fingerprint density at radius 3 is 2.93 bits per heavy atom. The molecule has 3 nitrogen and oxygen atoms in total. The van der Waals surface area contributed by atoms with Crippen LogP contribution in [0.3, 0.4) is 0 Å². The van der Waals surface area contributed by atoms with Gasteiger partial charge < -0.3 is 14.9 Å². The molecule has 0 aromatic heterocycles. The molecule has 14 heavy (non-hydrogen) atoms. The standard InChI is InChI=1S/C11H14O3/c1-8-6-14-10-5-3-2-4-9(10)11(8,13)7-12/h2-5,8,12-13H,6-7H2,1H3. The molecule has 76 valence electrons. The van der Waals surface area contributed by atoms with Crippen molar-refractivity contribution in [2.75, 3.05) is 13.2 Å². The summed E-state index contributed by atoms with van der Waals surface area (Å²) in [7, 11) is 0. The summed E-state index contributed by atoms with van der Waals surface area (Å²) in [5, 5.41) is 19.5. The number of fused-ring (bicyclic) bond motifs is 1. The van der Waals surface area contributed by atoms with Gasteiger partial charge in [0.2, 0.25) is 0 Å². The van der Waals surface area contributed by atoms with E-state index in [-0.39, 0.29) is 12.5 Å². The minimum absolute atomic E-state index is 0.0950. The molecule has 0 bridgehead atoms. The molecule has 2 unspecified atom stereocenters. The third-order valence-corrected chi connectivity index (χ3v) is 2.90. The molecule has 0 fully saturated rings. The number of rotatable bonds is 1. The highest BCUT2D eigenvalue weighted by Crippen LogP contribution is 2.39. The van der Waals surface area contributed by atoms with Crippen LogP contribution < -0.4 is 4.74 Å². The van der Waals surface area contributed by atoms with Crippen molar-refractivity contribution in [1.82, 2.24) is 0 Å². The molecule has 0 aliphatic carbocycles. The maximum Gasteiger partial charge on any atom is 0.125 e. The monoisotopic (exact) mass is 194 g/mol. The van der Waals surface area contributed by atoms with Crippen LogP contribution in [0.1, 0.15) is 12.5 Å². The molecular formula is C11H14O3. The lowest BCUT2D eigenvalue weighted by molar-refractivity contribution is -0.0878. The van der Waals surface area contributed by atoms with Gasteiger partial charge in [-0.1, -0.05) is 25.1 Å². The van der Waals surface area contributed by atoms with Crippen LogP contribution in [0.4, 0.5) is 0 Å². The number of ether oxygens (including phenoxy) is 1. The topological polar surface area (TPSA) is 49.7 Å². The van der Waals surface area contributed by atoms with E-state index in [1.54, 1.807) is 6.07 Å². The van der Waals surface area contributed by atoms with Gasteiger partial charge in [0.15, 0.2) is 0 Å². The fourth-order valence-electron chi connectivity index (χ4n) is 1.81. The molecule has 1 aliphatic rings. The lowest BCUT2D eigenvalue weighted by atomic mass is 9.81. The molecule has 0 saturated heterocycles. The molecule has 1 heterocycles. The van der Waals surface area contributed by atoms with Crippen molar-refractivity contribution in [2.45, 2.75) is 12.5 Å². The Labute approximate surface area is 83.0 Å². The average molecular weight is 194 g/mol. The van der Waals surface area contributed by atoms with Gasteiger partial charge in [0.1, 0.15) is 11.4 Å². The first-order chi connectivity index (χ1) is 6.68. The lowest BCUT2D eigenvalue weighted by Gasteiger charge is -2.38. The van der Waals surface area contributed by atoms with Gasteiger partial charge in [0, 0.05) is 11.5 Å². The van der Waals surface area contributed by atoms with Crippen LogP contribution in [0.2, 0.25) is 0 Å². The molecular weight excluding hydrogens is 180 g/mol. The van der Waals surface area contributed by atoms with E-state index in [9.17, 15) is 10.2 Å². The summed E-state index contributed by atoms with van der Waals surface area (Å²) in [5.41, 5.74) is -0.476. The van der Waals surface area contributed by atoms with Crippen LogP contribution in [-0.2, 0) is 5.60 Å². The van der Waals surface area contributed by atoms with Crippen LogP contribution in [0, 0.1) is 5.92 Å². The number of aliphatic hydroxyl groups excluding tert-OH is 1. The summed E-state index contributed by atoms with van der Waals surface area (Å²) in [5.74, 6) is 0.574. The highest BCUT2D eigenvalue weighted by molar-refractivity contribution is 5.40. The molecule has 2 atom stereocenters. The number of aliphatic hydroxyl groups is 2. The van der Waals surface area contributed by atoms with Gasteiger partial charge in [0.25, 0.3) is 0 Å². The first kappa shape index (κ1) is 9.49. The van der Waals surface area contributed by atoms with Crippen LogP contribution in [0.15, 0.2) is 24.3 Å². The van der Waals surface area contributed by atoms with Gasteiger partial charge >= 0.3 is 0 Å². The second-order valence-corrected chi connectivity index (χ2v) is 3.79. The zero-order valence-corrected chi connectivity index (χ0v) is 8.10. The second kappa shape index (κ2) is 3.26. The van der Waals surface area contributed by atoms with Gasteiger partial charge in [-0.3, -0.25) is 0 Å². The van der Waals surface area contributed by atoms with E-state index in [0.29, 0.717) is 17.9 Å². The van der Waals surface area contributed by atoms with Crippen molar-refractivity contribution >= 4 is 0 Å². The highest BCUT2D eigenvalue weighted by atomic mass is 16.5. The van der Waals surface area contributed by atoms with Crippen LogP contribution in [0.25, 0.3) is 0 Å². The second-order valence-electron chi connectivity index (χ2n) is 3.79. The van der Waals surface area contributed by atoms with Crippen LogP contribution >= 0.6 is 0 Å². The first-order valence-corrected chi connectivity index (χ1v) is 4.74. The molecule has 0 amide bonds. The predicted octanol–water partition coefficient (Wildman–Crippen LogP) is 0.895. The lowest BCUT2D eigenvalue weighted by Crippen LogP contribution is -2.43. The van der Waals surface area contributed by atoms with Gasteiger partial charge in [-0.25, -0.2) is 0 Å². The number of hydrogen-bond donors (Lipinski definition) is 2. The first-order valence-electron chi connectivity index (χ1n) is 4.74. The zero-order valence-electron chi connectivity index (χ0n) is 8.10. The van der Waals surface area contributed by atoms with E-state index in [1.807, 2.05) is 25.1 Å². The van der Waals surface area contributed by atoms with Crippen molar-refractivity contribution in [3.63, 3.8) is 0 Å². The summed E-state index contributed by atoms with van der Waals surface area (Å²) in [6, 6.07) is 7.29. The van der Waals surface area contributed by atoms with Gasteiger partial charge in [-0.15, -0.1) is 0 Å². The Morgan fingerprint density at radius 2 is 2.21 bits per heavy atom. The van der Waals surface area contributed by atoms with Crippen molar-refractivity contribution in [3.05, 3.63) is 29.8 Å². The summed E-state index contributed by atoms with van der Waals surface area (Å²) in [6.45, 7) is 2.04. The van der Waals surface area contributed by atoms with Crippen LogP contribution in [0.5, 0.6) is 5.75 Å². The third-order valence-electron chi connectivity index (χ3n) is 2.90. The molecule has 2 rings (SSSR count). The average Bonchev–Trinajstić information content (AvgIpc) is 2.24. The molecule has 1 aromatic carbocycles. The summed E-state index contributed by atoms with van der Waals surface area (Å²) < 4.78 is 5.46. The van der Waals surface area contributed by atoms with E-state index < -0.39 is 5.60 Å². The molecule has 1 aromatic rings. The molecule has 0 radical (unpaired) electrons. The van der Waals surface area contributed by atoms with E-state index >= 15 is 0 Å². The Morgan fingerprint density at radius 1 is 1.50 bits per heavy atom. The fraction of sp³-hybridized carbons (Fsp3) is 0.455. The molecule has 1 aliphatic heterocycles. The SMILES string of the molecule is CC1COc2ccccc2C1(O)CO. The minimum atomic E-state index is -1.16. The maximum absolute atomic E-state index is 10.3. The normalized spacial score (nSPS) is 30.6. The number of benzene rings is 1. The van der Waals surface area contributed by atoms with Gasteiger partial charge in [-0.2, -0.15) is 0 Å². The highest BCUT2D eigenvalue weighted by Gasteiger charge is 2.40.